The highest BCUT2D eigenvalue weighted by molar-refractivity contribution is 5.98. The largest absolute Gasteiger partial charge is 0.491 e. The van der Waals surface area contributed by atoms with Crippen LogP contribution in [-0.4, -0.2) is 18.3 Å². The zero-order valence-electron chi connectivity index (χ0n) is 13.5. The number of hydrogen-bond donors (Lipinski definition) is 1. The molecule has 22 heavy (non-hydrogen) atoms. The van der Waals surface area contributed by atoms with E-state index in [0.717, 1.165) is 32.1 Å². The number of Topliss-reactive ketones (excluding diaryl/α,β-unsaturated/α-hetero) is 1. The maximum atomic E-state index is 12.4. The third-order valence-corrected chi connectivity index (χ3v) is 4.08. The number of carbonyl (C=O) groups excluding carboxylic acids is 2. The number of hydrogen-bond acceptors (Lipinski definition) is 3. The van der Waals surface area contributed by atoms with Gasteiger partial charge in [0.1, 0.15) is 5.75 Å². The van der Waals surface area contributed by atoms with Crippen molar-refractivity contribution in [3.05, 3.63) is 23.8 Å². The molecule has 0 bridgehead atoms. The Morgan fingerprint density at radius 3 is 2.59 bits per heavy atom. The first-order valence-electron chi connectivity index (χ1n) is 8.20. The number of benzene rings is 1. The summed E-state index contributed by atoms with van der Waals surface area (Å²) in [7, 11) is 0. The maximum absolute atomic E-state index is 12.4. The SMILES string of the molecule is CCCOc1ccc(C(C)=O)cc1NC(=O)C1CCCCC1. The van der Waals surface area contributed by atoms with Crippen molar-refractivity contribution in [3.63, 3.8) is 0 Å². The zero-order chi connectivity index (χ0) is 15.9. The Morgan fingerprint density at radius 1 is 1.23 bits per heavy atom. The van der Waals surface area contributed by atoms with Gasteiger partial charge in [-0.05, 0) is 44.4 Å². The standard InChI is InChI=1S/C18H25NO3/c1-3-11-22-17-10-9-15(13(2)20)12-16(17)19-18(21)14-7-5-4-6-8-14/h9-10,12,14H,3-8,11H2,1-2H3,(H,19,21). The van der Waals surface area contributed by atoms with Crippen LogP contribution < -0.4 is 10.1 Å². The minimum absolute atomic E-state index is 0.0183. The number of ketones is 1. The molecule has 0 aliphatic heterocycles. The van der Waals surface area contributed by atoms with Crippen molar-refractivity contribution in [2.75, 3.05) is 11.9 Å². The van der Waals surface area contributed by atoms with Gasteiger partial charge in [0.25, 0.3) is 0 Å². The van der Waals surface area contributed by atoms with Crippen molar-refractivity contribution in [1.29, 1.82) is 0 Å². The van der Waals surface area contributed by atoms with Gasteiger partial charge in [-0.3, -0.25) is 9.59 Å². The van der Waals surface area contributed by atoms with Crippen LogP contribution in [0.4, 0.5) is 5.69 Å². The predicted octanol–water partition coefficient (Wildman–Crippen LogP) is 4.20. The Morgan fingerprint density at radius 2 is 1.95 bits per heavy atom. The third kappa shape index (κ3) is 4.33. The number of amides is 1. The van der Waals surface area contributed by atoms with Crippen LogP contribution in [0, 0.1) is 5.92 Å². The molecule has 0 spiro atoms. The zero-order valence-corrected chi connectivity index (χ0v) is 13.5. The lowest BCUT2D eigenvalue weighted by Gasteiger charge is -2.21. The molecule has 1 aliphatic rings. The lowest BCUT2D eigenvalue weighted by atomic mass is 9.88. The second-order valence-corrected chi connectivity index (χ2v) is 5.94. The second-order valence-electron chi connectivity index (χ2n) is 5.94. The average molecular weight is 303 g/mol. The van der Waals surface area contributed by atoms with Crippen molar-refractivity contribution in [2.24, 2.45) is 5.92 Å². The van der Waals surface area contributed by atoms with E-state index in [4.69, 9.17) is 4.74 Å². The smallest absolute Gasteiger partial charge is 0.227 e. The maximum Gasteiger partial charge on any atom is 0.227 e. The van der Waals surface area contributed by atoms with E-state index in [9.17, 15) is 9.59 Å². The van der Waals surface area contributed by atoms with Gasteiger partial charge >= 0.3 is 0 Å². The highest BCUT2D eigenvalue weighted by Gasteiger charge is 2.22. The van der Waals surface area contributed by atoms with Crippen LogP contribution in [0.3, 0.4) is 0 Å². The Labute approximate surface area is 132 Å². The number of carbonyl (C=O) groups is 2. The van der Waals surface area contributed by atoms with Crippen molar-refractivity contribution in [3.8, 4) is 5.75 Å². The van der Waals surface area contributed by atoms with Gasteiger partial charge in [0, 0.05) is 11.5 Å². The summed E-state index contributed by atoms with van der Waals surface area (Å²) in [5, 5.41) is 2.97. The van der Waals surface area contributed by atoms with Crippen LogP contribution in [0.2, 0.25) is 0 Å². The van der Waals surface area contributed by atoms with Crippen molar-refractivity contribution < 1.29 is 14.3 Å². The molecule has 1 aromatic carbocycles. The first-order valence-corrected chi connectivity index (χ1v) is 8.20. The highest BCUT2D eigenvalue weighted by atomic mass is 16.5. The molecule has 2 rings (SSSR count). The average Bonchev–Trinajstić information content (AvgIpc) is 2.54. The van der Waals surface area contributed by atoms with Crippen LogP contribution in [0.1, 0.15) is 62.7 Å². The summed E-state index contributed by atoms with van der Waals surface area (Å²) in [6.45, 7) is 4.14. The fourth-order valence-electron chi connectivity index (χ4n) is 2.78. The van der Waals surface area contributed by atoms with Crippen LogP contribution >= 0.6 is 0 Å². The Hall–Kier alpha value is -1.84. The molecule has 0 atom stereocenters. The van der Waals surface area contributed by atoms with E-state index in [2.05, 4.69) is 5.32 Å². The number of rotatable bonds is 6. The molecule has 4 nitrogen and oxygen atoms in total. The van der Waals surface area contributed by atoms with E-state index in [-0.39, 0.29) is 17.6 Å². The van der Waals surface area contributed by atoms with E-state index in [1.807, 2.05) is 6.92 Å². The summed E-state index contributed by atoms with van der Waals surface area (Å²) in [6.07, 6.45) is 6.24. The minimum Gasteiger partial charge on any atom is -0.491 e. The summed E-state index contributed by atoms with van der Waals surface area (Å²) in [4.78, 5) is 24.0. The Bertz CT molecular complexity index is 533. The summed E-state index contributed by atoms with van der Waals surface area (Å²) in [5.74, 6) is 0.738. The van der Waals surface area contributed by atoms with E-state index in [1.54, 1.807) is 18.2 Å². The molecule has 0 unspecified atom stereocenters. The van der Waals surface area contributed by atoms with E-state index in [1.165, 1.54) is 13.3 Å². The van der Waals surface area contributed by atoms with Crippen molar-refractivity contribution >= 4 is 17.4 Å². The topological polar surface area (TPSA) is 55.4 Å². The number of ether oxygens (including phenoxy) is 1. The van der Waals surface area contributed by atoms with Crippen molar-refractivity contribution in [1.82, 2.24) is 0 Å². The van der Waals surface area contributed by atoms with Gasteiger partial charge in [0.2, 0.25) is 5.91 Å². The van der Waals surface area contributed by atoms with Crippen LogP contribution in [0.15, 0.2) is 18.2 Å². The highest BCUT2D eigenvalue weighted by Crippen LogP contribution is 2.29. The van der Waals surface area contributed by atoms with E-state index >= 15 is 0 Å². The van der Waals surface area contributed by atoms with E-state index < -0.39 is 0 Å². The molecular formula is C18H25NO3. The van der Waals surface area contributed by atoms with Crippen LogP contribution in [0.5, 0.6) is 5.75 Å². The molecule has 1 N–H and O–H groups in total. The van der Waals surface area contributed by atoms with Gasteiger partial charge in [-0.2, -0.15) is 0 Å². The molecule has 1 saturated carbocycles. The predicted molar refractivity (Wildman–Crippen MR) is 87.4 cm³/mol. The lowest BCUT2D eigenvalue weighted by Crippen LogP contribution is -2.25. The number of nitrogens with one attached hydrogen (secondary N) is 1. The first kappa shape index (κ1) is 16.5. The van der Waals surface area contributed by atoms with Gasteiger partial charge in [-0.25, -0.2) is 0 Å². The fourth-order valence-corrected chi connectivity index (χ4v) is 2.78. The molecule has 120 valence electrons. The third-order valence-electron chi connectivity index (χ3n) is 4.08. The Kier molecular flexibility index (Phi) is 5.99. The quantitative estimate of drug-likeness (QED) is 0.801. The minimum atomic E-state index is -0.0183. The molecule has 0 saturated heterocycles. The van der Waals surface area contributed by atoms with Crippen molar-refractivity contribution in [2.45, 2.75) is 52.4 Å². The monoisotopic (exact) mass is 303 g/mol. The van der Waals surface area contributed by atoms with Crippen LogP contribution in [0.25, 0.3) is 0 Å². The second kappa shape index (κ2) is 7.97. The molecular weight excluding hydrogens is 278 g/mol. The molecule has 0 aromatic heterocycles. The van der Waals surface area contributed by atoms with Gasteiger partial charge in [0.05, 0.1) is 12.3 Å². The molecule has 1 fully saturated rings. The summed E-state index contributed by atoms with van der Waals surface area (Å²) in [5.41, 5.74) is 1.19. The summed E-state index contributed by atoms with van der Waals surface area (Å²) in [6, 6.07) is 5.22. The summed E-state index contributed by atoms with van der Waals surface area (Å²) < 4.78 is 5.68. The van der Waals surface area contributed by atoms with Crippen LogP contribution in [-0.2, 0) is 4.79 Å². The van der Waals surface area contributed by atoms with Gasteiger partial charge in [0.15, 0.2) is 5.78 Å². The molecule has 1 amide bonds. The fraction of sp³-hybridized carbons (Fsp3) is 0.556. The summed E-state index contributed by atoms with van der Waals surface area (Å²) >= 11 is 0. The normalized spacial score (nSPS) is 15.4. The first-order chi connectivity index (χ1) is 10.6. The Balaban J connectivity index is 2.16. The molecule has 0 heterocycles. The lowest BCUT2D eigenvalue weighted by molar-refractivity contribution is -0.120. The number of anilines is 1. The van der Waals surface area contributed by atoms with Gasteiger partial charge in [-0.15, -0.1) is 0 Å². The van der Waals surface area contributed by atoms with E-state index in [0.29, 0.717) is 23.6 Å². The molecule has 4 heteroatoms. The van der Waals surface area contributed by atoms with Gasteiger partial charge in [-0.1, -0.05) is 26.2 Å². The van der Waals surface area contributed by atoms with Gasteiger partial charge < -0.3 is 10.1 Å². The molecule has 1 aromatic rings. The molecule has 0 radical (unpaired) electrons. The molecule has 1 aliphatic carbocycles.